The molecule has 100 valence electrons. The van der Waals surface area contributed by atoms with Gasteiger partial charge >= 0.3 is 0 Å². The molecule has 0 atom stereocenters. The molecule has 1 aromatic heterocycles. The van der Waals surface area contributed by atoms with Crippen molar-refractivity contribution in [1.29, 1.82) is 0 Å². The summed E-state index contributed by atoms with van der Waals surface area (Å²) >= 11 is 0. The zero-order valence-electron chi connectivity index (χ0n) is 11.4. The molecule has 0 unspecified atom stereocenters. The summed E-state index contributed by atoms with van der Waals surface area (Å²) in [5.74, 6) is 1.79. The van der Waals surface area contributed by atoms with Crippen molar-refractivity contribution in [3.8, 4) is 0 Å². The highest BCUT2D eigenvalue weighted by atomic mass is 16.5. The van der Waals surface area contributed by atoms with Crippen LogP contribution in [-0.4, -0.2) is 35.8 Å². The summed E-state index contributed by atoms with van der Waals surface area (Å²) in [6, 6.07) is 0. The van der Waals surface area contributed by atoms with E-state index >= 15 is 0 Å². The highest BCUT2D eigenvalue weighted by Gasteiger charge is 2.36. The average molecular weight is 250 g/mol. The molecule has 1 aromatic rings. The molecule has 5 heteroatoms. The van der Waals surface area contributed by atoms with Gasteiger partial charge in [-0.2, -0.15) is 0 Å². The van der Waals surface area contributed by atoms with E-state index in [1.807, 2.05) is 6.92 Å². The van der Waals surface area contributed by atoms with Gasteiger partial charge in [-0.3, -0.25) is 0 Å². The SMILES string of the molecule is CCNc1ncnc(NCC2(OC)CCC2)c1C. The second-order valence-electron chi connectivity index (χ2n) is 4.82. The van der Waals surface area contributed by atoms with Crippen molar-refractivity contribution in [2.45, 2.75) is 38.7 Å². The van der Waals surface area contributed by atoms with Gasteiger partial charge in [0, 0.05) is 25.8 Å². The van der Waals surface area contributed by atoms with Crippen LogP contribution in [0, 0.1) is 6.92 Å². The van der Waals surface area contributed by atoms with Crippen molar-refractivity contribution >= 4 is 11.6 Å². The van der Waals surface area contributed by atoms with Crippen LogP contribution in [0.15, 0.2) is 6.33 Å². The van der Waals surface area contributed by atoms with Crippen molar-refractivity contribution in [2.75, 3.05) is 30.8 Å². The molecule has 0 saturated heterocycles. The minimum atomic E-state index is 0.00966. The maximum atomic E-state index is 5.59. The number of aromatic nitrogens is 2. The lowest BCUT2D eigenvalue weighted by molar-refractivity contribution is -0.0601. The summed E-state index contributed by atoms with van der Waals surface area (Å²) in [5.41, 5.74) is 1.07. The highest BCUT2D eigenvalue weighted by Crippen LogP contribution is 2.35. The Balaban J connectivity index is 2.02. The molecule has 5 nitrogen and oxygen atoms in total. The standard InChI is InChI=1S/C13H22N4O/c1-4-14-11-10(2)12(17-9-16-11)15-8-13(18-3)6-5-7-13/h9H,4-8H2,1-3H3,(H2,14,15,16,17). The lowest BCUT2D eigenvalue weighted by Gasteiger charge is -2.40. The van der Waals surface area contributed by atoms with E-state index in [0.29, 0.717) is 0 Å². The van der Waals surface area contributed by atoms with Gasteiger partial charge in [-0.1, -0.05) is 0 Å². The van der Waals surface area contributed by atoms with Gasteiger partial charge in [0.25, 0.3) is 0 Å². The van der Waals surface area contributed by atoms with E-state index in [0.717, 1.165) is 43.1 Å². The van der Waals surface area contributed by atoms with Gasteiger partial charge in [0.2, 0.25) is 0 Å². The number of hydrogen-bond acceptors (Lipinski definition) is 5. The molecule has 1 heterocycles. The largest absolute Gasteiger partial charge is 0.376 e. The van der Waals surface area contributed by atoms with Crippen molar-refractivity contribution in [3.63, 3.8) is 0 Å². The minimum Gasteiger partial charge on any atom is -0.376 e. The molecule has 2 N–H and O–H groups in total. The Bertz CT molecular complexity index is 398. The maximum absolute atomic E-state index is 5.59. The van der Waals surface area contributed by atoms with Gasteiger partial charge in [-0.25, -0.2) is 9.97 Å². The van der Waals surface area contributed by atoms with Crippen molar-refractivity contribution in [2.24, 2.45) is 0 Å². The first-order chi connectivity index (χ1) is 8.71. The molecule has 0 spiro atoms. The van der Waals surface area contributed by atoms with Crippen LogP contribution in [0.3, 0.4) is 0 Å². The Labute approximate surface area is 108 Å². The van der Waals surface area contributed by atoms with Gasteiger partial charge in [-0.05, 0) is 33.1 Å². The summed E-state index contributed by atoms with van der Waals surface area (Å²) in [6.07, 6.45) is 5.09. The van der Waals surface area contributed by atoms with Gasteiger partial charge in [0.15, 0.2) is 0 Å². The summed E-state index contributed by atoms with van der Waals surface area (Å²) < 4.78 is 5.59. The van der Waals surface area contributed by atoms with E-state index in [-0.39, 0.29) is 5.60 Å². The summed E-state index contributed by atoms with van der Waals surface area (Å²) in [7, 11) is 1.79. The van der Waals surface area contributed by atoms with E-state index in [2.05, 4.69) is 27.5 Å². The highest BCUT2D eigenvalue weighted by molar-refractivity contribution is 5.56. The number of nitrogens with one attached hydrogen (secondary N) is 2. The smallest absolute Gasteiger partial charge is 0.134 e. The number of rotatable bonds is 6. The van der Waals surface area contributed by atoms with Crippen LogP contribution in [0.5, 0.6) is 0 Å². The fraction of sp³-hybridized carbons (Fsp3) is 0.692. The fourth-order valence-corrected chi connectivity index (χ4v) is 2.24. The predicted octanol–water partition coefficient (Wildman–Crippen LogP) is 2.20. The molecule has 0 radical (unpaired) electrons. The zero-order chi connectivity index (χ0) is 13.0. The summed E-state index contributed by atoms with van der Waals surface area (Å²) in [4.78, 5) is 8.53. The number of methoxy groups -OCH3 is 1. The molecule has 0 amide bonds. The van der Waals surface area contributed by atoms with Gasteiger partial charge in [0.05, 0.1) is 5.60 Å². The van der Waals surface area contributed by atoms with Crippen LogP contribution in [0.1, 0.15) is 31.7 Å². The Kier molecular flexibility index (Phi) is 4.01. The average Bonchev–Trinajstić information content (AvgIpc) is 2.33. The van der Waals surface area contributed by atoms with Crippen LogP contribution in [0.2, 0.25) is 0 Å². The molecule has 0 bridgehead atoms. The van der Waals surface area contributed by atoms with Crippen LogP contribution < -0.4 is 10.6 Å². The monoisotopic (exact) mass is 250 g/mol. The first kappa shape index (κ1) is 13.1. The van der Waals surface area contributed by atoms with E-state index in [1.54, 1.807) is 13.4 Å². The quantitative estimate of drug-likeness (QED) is 0.810. The normalized spacial score (nSPS) is 17.1. The van der Waals surface area contributed by atoms with Gasteiger partial charge in [-0.15, -0.1) is 0 Å². The molecule has 18 heavy (non-hydrogen) atoms. The lowest BCUT2D eigenvalue weighted by atomic mass is 9.80. The van der Waals surface area contributed by atoms with Crippen LogP contribution in [0.25, 0.3) is 0 Å². The molecule has 1 saturated carbocycles. The summed E-state index contributed by atoms with van der Waals surface area (Å²) in [6.45, 7) is 5.76. The van der Waals surface area contributed by atoms with Crippen molar-refractivity contribution in [3.05, 3.63) is 11.9 Å². The van der Waals surface area contributed by atoms with Crippen LogP contribution >= 0.6 is 0 Å². The van der Waals surface area contributed by atoms with Gasteiger partial charge < -0.3 is 15.4 Å². The third-order valence-electron chi connectivity index (χ3n) is 3.70. The lowest BCUT2D eigenvalue weighted by Crippen LogP contribution is -2.45. The second-order valence-corrected chi connectivity index (χ2v) is 4.82. The minimum absolute atomic E-state index is 0.00966. The van der Waals surface area contributed by atoms with Crippen LogP contribution in [-0.2, 0) is 4.74 Å². The molecule has 2 rings (SSSR count). The fourth-order valence-electron chi connectivity index (χ4n) is 2.24. The van der Waals surface area contributed by atoms with Crippen molar-refractivity contribution in [1.82, 2.24) is 9.97 Å². The third kappa shape index (κ3) is 2.56. The molecule has 1 fully saturated rings. The Hall–Kier alpha value is -1.36. The Morgan fingerprint density at radius 2 is 1.94 bits per heavy atom. The number of ether oxygens (including phenoxy) is 1. The first-order valence-electron chi connectivity index (χ1n) is 6.55. The van der Waals surface area contributed by atoms with E-state index in [4.69, 9.17) is 4.74 Å². The number of hydrogen-bond donors (Lipinski definition) is 2. The van der Waals surface area contributed by atoms with Crippen molar-refractivity contribution < 1.29 is 4.74 Å². The van der Waals surface area contributed by atoms with E-state index in [1.165, 1.54) is 6.42 Å². The zero-order valence-corrected chi connectivity index (χ0v) is 11.4. The Morgan fingerprint density at radius 3 is 2.44 bits per heavy atom. The Morgan fingerprint density at radius 1 is 1.28 bits per heavy atom. The predicted molar refractivity (Wildman–Crippen MR) is 73.0 cm³/mol. The van der Waals surface area contributed by atoms with Crippen LogP contribution in [0.4, 0.5) is 11.6 Å². The molecule has 0 aliphatic heterocycles. The second kappa shape index (κ2) is 5.52. The first-order valence-corrected chi connectivity index (χ1v) is 6.55. The van der Waals surface area contributed by atoms with E-state index < -0.39 is 0 Å². The molecule has 1 aliphatic rings. The molecule has 0 aromatic carbocycles. The third-order valence-corrected chi connectivity index (χ3v) is 3.70. The molecular formula is C13H22N4O. The van der Waals surface area contributed by atoms with Gasteiger partial charge in [0.1, 0.15) is 18.0 Å². The number of anilines is 2. The molecular weight excluding hydrogens is 228 g/mol. The topological polar surface area (TPSA) is 59.1 Å². The molecule has 1 aliphatic carbocycles. The number of nitrogens with zero attached hydrogens (tertiary/aromatic N) is 2. The summed E-state index contributed by atoms with van der Waals surface area (Å²) in [5, 5.41) is 6.62. The maximum Gasteiger partial charge on any atom is 0.134 e. The van der Waals surface area contributed by atoms with E-state index in [9.17, 15) is 0 Å².